The molecule has 0 amide bonds. The lowest BCUT2D eigenvalue weighted by Gasteiger charge is -2.07. The fourth-order valence-corrected chi connectivity index (χ4v) is 2.07. The molecule has 1 aromatic heterocycles. The first-order valence-electron chi connectivity index (χ1n) is 6.29. The van der Waals surface area contributed by atoms with Crippen LogP contribution in [-0.2, 0) is 13.0 Å². The van der Waals surface area contributed by atoms with E-state index in [1.165, 1.54) is 0 Å². The second-order valence-electron chi connectivity index (χ2n) is 4.49. The summed E-state index contributed by atoms with van der Waals surface area (Å²) in [6.45, 7) is 9.16. The predicted molar refractivity (Wildman–Crippen MR) is 75.0 cm³/mol. The summed E-state index contributed by atoms with van der Waals surface area (Å²) in [5.74, 6) is 1.58. The summed E-state index contributed by atoms with van der Waals surface area (Å²) >= 11 is 0. The molecular weight excluding hydrogens is 238 g/mol. The Balaban J connectivity index is 2.53. The van der Waals surface area contributed by atoms with Crippen molar-refractivity contribution in [1.82, 2.24) is 9.55 Å². The van der Waals surface area contributed by atoms with Crippen LogP contribution in [0.3, 0.4) is 0 Å². The lowest BCUT2D eigenvalue weighted by Crippen LogP contribution is -2.04. The van der Waals surface area contributed by atoms with Crippen molar-refractivity contribution >= 4 is 11.0 Å². The van der Waals surface area contributed by atoms with Gasteiger partial charge in [-0.3, -0.25) is 0 Å². The number of benzene rings is 1. The molecule has 98 valence electrons. The number of hydrogen-bond donors (Lipinski definition) is 0. The molecule has 0 radical (unpaired) electrons. The number of hydrogen-bond acceptors (Lipinski definition) is 3. The normalized spacial score (nSPS) is 10.4. The summed E-state index contributed by atoms with van der Waals surface area (Å²) in [5, 5.41) is 8.89. The number of aromatic nitrogens is 2. The quantitative estimate of drug-likeness (QED) is 0.771. The molecule has 0 atom stereocenters. The maximum atomic E-state index is 8.89. The molecule has 0 aliphatic carbocycles. The van der Waals surface area contributed by atoms with E-state index < -0.39 is 0 Å². The van der Waals surface area contributed by atoms with Gasteiger partial charge < -0.3 is 9.30 Å². The Labute approximate surface area is 112 Å². The first-order chi connectivity index (χ1) is 9.15. The van der Waals surface area contributed by atoms with Gasteiger partial charge in [0, 0.05) is 12.6 Å². The first kappa shape index (κ1) is 13.2. The molecule has 0 spiro atoms. The second kappa shape index (κ2) is 5.57. The lowest BCUT2D eigenvalue weighted by molar-refractivity contribution is 0.340. The molecule has 0 aliphatic rings. The van der Waals surface area contributed by atoms with Crippen LogP contribution in [-0.4, -0.2) is 16.2 Å². The molecule has 0 saturated carbocycles. The molecule has 0 saturated heterocycles. The van der Waals surface area contributed by atoms with Gasteiger partial charge in [0.05, 0.1) is 30.1 Å². The van der Waals surface area contributed by atoms with Crippen molar-refractivity contribution in [2.24, 2.45) is 0 Å². The van der Waals surface area contributed by atoms with E-state index in [1.807, 2.05) is 36.6 Å². The Morgan fingerprint density at radius 1 is 1.53 bits per heavy atom. The average Bonchev–Trinajstić information content (AvgIpc) is 2.67. The SMILES string of the molecule is C=C(C)Cn1c(CC#N)nc2cc(OCC)ccc21. The third kappa shape index (κ3) is 2.76. The van der Waals surface area contributed by atoms with Crippen molar-refractivity contribution in [1.29, 1.82) is 5.26 Å². The molecule has 1 aromatic carbocycles. The third-order valence-electron chi connectivity index (χ3n) is 2.77. The molecule has 2 aromatic rings. The Morgan fingerprint density at radius 2 is 2.32 bits per heavy atom. The zero-order valence-corrected chi connectivity index (χ0v) is 11.3. The van der Waals surface area contributed by atoms with Crippen LogP contribution in [0.1, 0.15) is 19.7 Å². The molecular formula is C15H17N3O. The van der Waals surface area contributed by atoms with E-state index in [9.17, 15) is 0 Å². The largest absolute Gasteiger partial charge is 0.494 e. The van der Waals surface area contributed by atoms with Gasteiger partial charge in [-0.05, 0) is 26.0 Å². The Morgan fingerprint density at radius 3 is 2.95 bits per heavy atom. The molecule has 19 heavy (non-hydrogen) atoms. The number of fused-ring (bicyclic) bond motifs is 1. The molecule has 0 unspecified atom stereocenters. The van der Waals surface area contributed by atoms with Gasteiger partial charge in [0.15, 0.2) is 0 Å². The van der Waals surface area contributed by atoms with Gasteiger partial charge in [-0.2, -0.15) is 5.26 Å². The van der Waals surface area contributed by atoms with E-state index in [2.05, 4.69) is 17.6 Å². The van der Waals surface area contributed by atoms with Gasteiger partial charge in [0.1, 0.15) is 11.6 Å². The van der Waals surface area contributed by atoms with Crippen LogP contribution in [0.15, 0.2) is 30.4 Å². The number of nitrogens with zero attached hydrogens (tertiary/aromatic N) is 3. The van der Waals surface area contributed by atoms with Crippen molar-refractivity contribution in [3.63, 3.8) is 0 Å². The molecule has 0 N–H and O–H groups in total. The fourth-order valence-electron chi connectivity index (χ4n) is 2.07. The maximum Gasteiger partial charge on any atom is 0.124 e. The minimum atomic E-state index is 0.298. The number of imidazole rings is 1. The molecule has 0 aliphatic heterocycles. The number of allylic oxidation sites excluding steroid dienone is 1. The predicted octanol–water partition coefficient (Wildman–Crippen LogP) is 3.08. The highest BCUT2D eigenvalue weighted by Crippen LogP contribution is 2.23. The van der Waals surface area contributed by atoms with E-state index in [0.717, 1.165) is 28.2 Å². The lowest BCUT2D eigenvalue weighted by atomic mass is 10.2. The van der Waals surface area contributed by atoms with Crippen molar-refractivity contribution in [2.45, 2.75) is 26.8 Å². The summed E-state index contributed by atoms with van der Waals surface area (Å²) in [6, 6.07) is 7.98. The first-order valence-corrected chi connectivity index (χ1v) is 6.29. The third-order valence-corrected chi connectivity index (χ3v) is 2.77. The topological polar surface area (TPSA) is 50.8 Å². The van der Waals surface area contributed by atoms with Gasteiger partial charge in [-0.15, -0.1) is 0 Å². The zero-order chi connectivity index (χ0) is 13.8. The summed E-state index contributed by atoms with van der Waals surface area (Å²) in [6.07, 6.45) is 0.298. The minimum absolute atomic E-state index is 0.298. The summed E-state index contributed by atoms with van der Waals surface area (Å²) in [5.41, 5.74) is 2.90. The van der Waals surface area contributed by atoms with Crippen LogP contribution >= 0.6 is 0 Å². The Kier molecular flexibility index (Phi) is 3.86. The van der Waals surface area contributed by atoms with Crippen LogP contribution in [0.2, 0.25) is 0 Å². The highest BCUT2D eigenvalue weighted by Gasteiger charge is 2.11. The Hall–Kier alpha value is -2.28. The van der Waals surface area contributed by atoms with E-state index in [0.29, 0.717) is 19.6 Å². The smallest absolute Gasteiger partial charge is 0.124 e. The van der Waals surface area contributed by atoms with E-state index in [4.69, 9.17) is 10.00 Å². The van der Waals surface area contributed by atoms with Crippen molar-refractivity contribution < 1.29 is 4.74 Å². The number of ether oxygens (including phenoxy) is 1. The highest BCUT2D eigenvalue weighted by atomic mass is 16.5. The van der Waals surface area contributed by atoms with E-state index in [-0.39, 0.29) is 0 Å². The van der Waals surface area contributed by atoms with Crippen LogP contribution in [0, 0.1) is 11.3 Å². The average molecular weight is 255 g/mol. The van der Waals surface area contributed by atoms with Gasteiger partial charge in [0.2, 0.25) is 0 Å². The van der Waals surface area contributed by atoms with Crippen LogP contribution in [0.4, 0.5) is 0 Å². The highest BCUT2D eigenvalue weighted by molar-refractivity contribution is 5.78. The van der Waals surface area contributed by atoms with Gasteiger partial charge in [0.25, 0.3) is 0 Å². The van der Waals surface area contributed by atoms with Crippen molar-refractivity contribution in [2.75, 3.05) is 6.61 Å². The van der Waals surface area contributed by atoms with Crippen molar-refractivity contribution in [3.05, 3.63) is 36.2 Å². The van der Waals surface area contributed by atoms with E-state index in [1.54, 1.807) is 0 Å². The summed E-state index contributed by atoms with van der Waals surface area (Å²) in [7, 11) is 0. The standard InChI is InChI=1S/C15H17N3O/c1-4-19-12-5-6-14-13(9-12)17-15(7-8-16)18(14)10-11(2)3/h5-6,9H,2,4,7,10H2,1,3H3. The monoisotopic (exact) mass is 255 g/mol. The molecule has 2 rings (SSSR count). The van der Waals surface area contributed by atoms with Crippen LogP contribution in [0.5, 0.6) is 5.75 Å². The van der Waals surface area contributed by atoms with Gasteiger partial charge in [-0.1, -0.05) is 12.2 Å². The number of nitriles is 1. The van der Waals surface area contributed by atoms with Crippen LogP contribution < -0.4 is 4.74 Å². The van der Waals surface area contributed by atoms with E-state index >= 15 is 0 Å². The molecule has 4 heteroatoms. The molecule has 4 nitrogen and oxygen atoms in total. The maximum absolute atomic E-state index is 8.89. The van der Waals surface area contributed by atoms with Crippen LogP contribution in [0.25, 0.3) is 11.0 Å². The molecule has 1 heterocycles. The summed E-state index contributed by atoms with van der Waals surface area (Å²) in [4.78, 5) is 4.52. The molecule has 0 bridgehead atoms. The number of rotatable bonds is 5. The van der Waals surface area contributed by atoms with Gasteiger partial charge >= 0.3 is 0 Å². The summed E-state index contributed by atoms with van der Waals surface area (Å²) < 4.78 is 7.51. The Bertz CT molecular complexity index is 649. The zero-order valence-electron chi connectivity index (χ0n) is 11.3. The fraction of sp³-hybridized carbons (Fsp3) is 0.333. The minimum Gasteiger partial charge on any atom is -0.494 e. The molecule has 0 fully saturated rings. The van der Waals surface area contributed by atoms with Crippen molar-refractivity contribution in [3.8, 4) is 11.8 Å². The second-order valence-corrected chi connectivity index (χ2v) is 4.49. The van der Waals surface area contributed by atoms with Gasteiger partial charge in [-0.25, -0.2) is 4.98 Å².